The summed E-state index contributed by atoms with van der Waals surface area (Å²) < 4.78 is 13.8. The average molecular weight is 132 g/mol. The Morgan fingerprint density at radius 1 is 1.88 bits per heavy atom. The Morgan fingerprint density at radius 2 is 2.38 bits per heavy atom. The minimum Gasteiger partial charge on any atom is -0.202 e. The highest BCUT2D eigenvalue weighted by Crippen LogP contribution is 1.90. The van der Waals surface area contributed by atoms with E-state index in [9.17, 15) is 4.57 Å². The maximum absolute atomic E-state index is 9.45. The Labute approximate surface area is 49.9 Å². The van der Waals surface area contributed by atoms with Gasteiger partial charge in [-0.1, -0.05) is 6.08 Å². The van der Waals surface area contributed by atoms with Crippen LogP contribution >= 0.6 is 8.69 Å². The molecule has 0 heterocycles. The summed E-state index contributed by atoms with van der Waals surface area (Å²) in [4.78, 5) is 0. The second kappa shape index (κ2) is 16.3. The zero-order valence-corrected chi connectivity index (χ0v) is 5.33. The number of hydrogen-bond donors (Lipinski definition) is 0. The molecule has 0 aliphatic heterocycles. The highest BCUT2D eigenvalue weighted by atomic mass is 31.1. The van der Waals surface area contributed by atoms with Gasteiger partial charge < -0.3 is 0 Å². The molecule has 0 saturated carbocycles. The molecule has 0 aromatic heterocycles. The van der Waals surface area contributed by atoms with Gasteiger partial charge in [-0.2, -0.15) is 0 Å². The van der Waals surface area contributed by atoms with Crippen molar-refractivity contribution >= 4 is 8.69 Å². The Kier molecular flexibility index (Phi) is 21.0. The lowest BCUT2D eigenvalue weighted by Gasteiger charge is -1.67. The summed E-state index contributed by atoms with van der Waals surface area (Å²) in [6.45, 7) is 7.22. The molecule has 0 saturated heterocycles. The maximum Gasteiger partial charge on any atom is 0.494 e. The number of hydrogen-bond acceptors (Lipinski definition) is 3. The smallest absolute Gasteiger partial charge is 0.202 e. The lowest BCUT2D eigenvalue weighted by atomic mass is 10.7. The number of nitriles is 1. The molecule has 8 heavy (non-hydrogen) atoms. The standard InChI is InChI=1S/C3H6O2P.CHN/c1-2-3-5-6-4;1-2/h2,6H,1,3H2;1H/q+1;. The molecule has 0 radical (unpaired) electrons. The normalized spacial score (nSPS) is 6.75. The van der Waals surface area contributed by atoms with E-state index in [1.165, 1.54) is 0 Å². The van der Waals surface area contributed by atoms with Crippen molar-refractivity contribution in [2.24, 2.45) is 0 Å². The minimum atomic E-state index is -0.657. The molecule has 0 N–H and O–H groups in total. The van der Waals surface area contributed by atoms with Crippen LogP contribution in [0.1, 0.15) is 0 Å². The van der Waals surface area contributed by atoms with Crippen molar-refractivity contribution < 1.29 is 9.09 Å². The van der Waals surface area contributed by atoms with Crippen LogP contribution in [-0.4, -0.2) is 6.61 Å². The van der Waals surface area contributed by atoms with Crippen LogP contribution in [0.15, 0.2) is 12.7 Å². The molecule has 0 fully saturated rings. The van der Waals surface area contributed by atoms with Crippen LogP contribution in [0.25, 0.3) is 0 Å². The second-order valence-corrected chi connectivity index (χ2v) is 1.14. The van der Waals surface area contributed by atoms with Crippen molar-refractivity contribution in [2.75, 3.05) is 6.61 Å². The molecule has 3 nitrogen and oxygen atoms in total. The third-order valence-corrected chi connectivity index (χ3v) is 0.545. The van der Waals surface area contributed by atoms with E-state index >= 15 is 0 Å². The average Bonchev–Trinajstić information content (AvgIpc) is 1.88. The van der Waals surface area contributed by atoms with E-state index in [0.717, 1.165) is 0 Å². The predicted molar refractivity (Wildman–Crippen MR) is 31.8 cm³/mol. The molecule has 0 aliphatic carbocycles. The molecule has 4 heteroatoms. The molecular weight excluding hydrogens is 125 g/mol. The van der Waals surface area contributed by atoms with Crippen molar-refractivity contribution in [2.45, 2.75) is 0 Å². The highest BCUT2D eigenvalue weighted by Gasteiger charge is 1.79. The van der Waals surface area contributed by atoms with Crippen LogP contribution in [0, 0.1) is 11.8 Å². The van der Waals surface area contributed by atoms with Gasteiger partial charge in [0.25, 0.3) is 0 Å². The first-order valence-electron chi connectivity index (χ1n) is 1.77. The molecule has 0 spiro atoms. The Morgan fingerprint density at radius 3 is 2.50 bits per heavy atom. The fraction of sp³-hybridized carbons (Fsp3) is 0.250. The monoisotopic (exact) mass is 132 g/mol. The first-order chi connectivity index (χ1) is 3.91. The van der Waals surface area contributed by atoms with Crippen LogP contribution in [0.2, 0.25) is 0 Å². The van der Waals surface area contributed by atoms with E-state index in [1.807, 2.05) is 0 Å². The zero-order valence-electron chi connectivity index (χ0n) is 4.33. The van der Waals surface area contributed by atoms with Gasteiger partial charge in [-0.3, -0.25) is 0 Å². The third-order valence-electron chi connectivity index (χ3n) is 0.260. The van der Waals surface area contributed by atoms with Crippen molar-refractivity contribution in [3.63, 3.8) is 0 Å². The van der Waals surface area contributed by atoms with E-state index in [1.54, 1.807) is 6.08 Å². The van der Waals surface area contributed by atoms with Crippen molar-refractivity contribution in [1.29, 1.82) is 5.26 Å². The van der Waals surface area contributed by atoms with Gasteiger partial charge in [-0.05, 0) is 4.57 Å². The summed E-state index contributed by atoms with van der Waals surface area (Å²) >= 11 is 0. The van der Waals surface area contributed by atoms with Crippen LogP contribution < -0.4 is 0 Å². The number of nitrogens with zero attached hydrogens (tertiary/aromatic N) is 1. The van der Waals surface area contributed by atoms with Gasteiger partial charge in [0.1, 0.15) is 6.61 Å². The van der Waals surface area contributed by atoms with Gasteiger partial charge in [0.15, 0.2) is 0 Å². The summed E-state index contributed by atoms with van der Waals surface area (Å²) in [7, 11) is -0.657. The van der Waals surface area contributed by atoms with Crippen molar-refractivity contribution in [3.8, 4) is 6.57 Å². The van der Waals surface area contributed by atoms with Crippen molar-refractivity contribution in [1.82, 2.24) is 0 Å². The molecule has 0 aliphatic rings. The lowest BCUT2D eigenvalue weighted by molar-refractivity contribution is 0.387. The molecule has 0 bridgehead atoms. The molecule has 0 rings (SSSR count). The number of rotatable bonds is 3. The van der Waals surface area contributed by atoms with E-state index in [-0.39, 0.29) is 0 Å². The summed E-state index contributed by atoms with van der Waals surface area (Å²) in [5, 5.41) is 6.50. The largest absolute Gasteiger partial charge is 0.494 e. The molecule has 1 atom stereocenters. The van der Waals surface area contributed by atoms with Crippen LogP contribution in [0.3, 0.4) is 0 Å². The van der Waals surface area contributed by atoms with Crippen LogP contribution in [-0.2, 0) is 9.09 Å². The van der Waals surface area contributed by atoms with Gasteiger partial charge >= 0.3 is 8.69 Å². The summed E-state index contributed by atoms with van der Waals surface area (Å²) in [6.07, 6.45) is 1.55. The molecule has 1 unspecified atom stereocenters. The fourth-order valence-electron chi connectivity index (χ4n) is 0.0929. The van der Waals surface area contributed by atoms with Gasteiger partial charge in [-0.25, -0.2) is 5.26 Å². The van der Waals surface area contributed by atoms with E-state index in [2.05, 4.69) is 17.7 Å². The molecule has 0 aromatic carbocycles. The summed E-state index contributed by atoms with van der Waals surface area (Å²) in [5.74, 6) is 0. The fourth-order valence-corrected chi connectivity index (χ4v) is 0.279. The van der Waals surface area contributed by atoms with Crippen LogP contribution in [0.5, 0.6) is 0 Å². The highest BCUT2D eigenvalue weighted by molar-refractivity contribution is 7.17. The Hall–Kier alpha value is -0.710. The zero-order chi connectivity index (χ0) is 6.83. The van der Waals surface area contributed by atoms with Crippen LogP contribution in [0.4, 0.5) is 0 Å². The summed E-state index contributed by atoms with van der Waals surface area (Å²) in [6, 6.07) is 0. The van der Waals surface area contributed by atoms with E-state index in [0.29, 0.717) is 6.61 Å². The Balaban J connectivity index is 0. The van der Waals surface area contributed by atoms with Crippen molar-refractivity contribution in [3.05, 3.63) is 12.7 Å². The molecule has 0 amide bonds. The first-order valence-corrected chi connectivity index (χ1v) is 2.59. The molecule has 44 valence electrons. The maximum atomic E-state index is 9.45. The van der Waals surface area contributed by atoms with Gasteiger partial charge in [0.05, 0.1) is 0 Å². The van der Waals surface area contributed by atoms with E-state index < -0.39 is 8.69 Å². The first kappa shape index (κ1) is 10.3. The van der Waals surface area contributed by atoms with E-state index in [4.69, 9.17) is 5.26 Å². The predicted octanol–water partition coefficient (Wildman–Crippen LogP) is 1.27. The summed E-state index contributed by atoms with van der Waals surface area (Å²) in [5.41, 5.74) is 0. The second-order valence-electron chi connectivity index (χ2n) is 0.683. The minimum absolute atomic E-state index is 0.377. The topological polar surface area (TPSA) is 50.1 Å². The Bertz CT molecular complexity index is 73.4. The molecular formula is C4H7NO2P+. The van der Waals surface area contributed by atoms with Gasteiger partial charge in [0.2, 0.25) is 0 Å². The van der Waals surface area contributed by atoms with Gasteiger partial charge in [0, 0.05) is 6.57 Å². The molecule has 0 aromatic rings. The quantitative estimate of drug-likeness (QED) is 0.330. The van der Waals surface area contributed by atoms with Gasteiger partial charge in [-0.15, -0.1) is 11.1 Å². The third kappa shape index (κ3) is 18.6. The SMILES string of the molecule is C#N.C=CCO[PH+]=O. The lowest BCUT2D eigenvalue weighted by Crippen LogP contribution is -1.69.